The largest absolute Gasteiger partial charge is 0.403 e. The van der Waals surface area contributed by atoms with Gasteiger partial charge in [-0.1, -0.05) is 0 Å². The summed E-state index contributed by atoms with van der Waals surface area (Å²) in [5, 5.41) is 2.30. The summed E-state index contributed by atoms with van der Waals surface area (Å²) in [6, 6.07) is -1.73. The molecule has 0 spiro atoms. The summed E-state index contributed by atoms with van der Waals surface area (Å²) < 4.78 is 35.4. The number of nitrogens with two attached hydrogens (primary N) is 1. The molecule has 0 aromatic carbocycles. The Morgan fingerprint density at radius 3 is 2.20 bits per heavy atom. The smallest absolute Gasteiger partial charge is 0.326 e. The van der Waals surface area contributed by atoms with Gasteiger partial charge in [-0.15, -0.1) is 0 Å². The number of rotatable bonds is 0. The van der Waals surface area contributed by atoms with Crippen molar-refractivity contribution < 1.29 is 13.2 Å². The standard InChI is InChI=1S/C5H9F3N2/c6-5(7,8)4-1-3(9)2-10-4/h3-4,10H,1-2,9H2/t3-,4+/m0/s1. The Morgan fingerprint density at radius 2 is 2.00 bits per heavy atom. The van der Waals surface area contributed by atoms with Gasteiger partial charge >= 0.3 is 6.18 Å². The molecule has 3 N–H and O–H groups in total. The van der Waals surface area contributed by atoms with E-state index in [1.165, 1.54) is 0 Å². The maximum Gasteiger partial charge on any atom is 0.403 e. The summed E-state index contributed by atoms with van der Waals surface area (Å²) in [4.78, 5) is 0. The fraction of sp³-hybridized carbons (Fsp3) is 1.00. The second kappa shape index (κ2) is 2.39. The van der Waals surface area contributed by atoms with Crippen LogP contribution in [0.5, 0.6) is 0 Å². The van der Waals surface area contributed by atoms with E-state index >= 15 is 0 Å². The van der Waals surface area contributed by atoms with E-state index in [-0.39, 0.29) is 19.0 Å². The van der Waals surface area contributed by atoms with Crippen molar-refractivity contribution in [1.82, 2.24) is 5.32 Å². The van der Waals surface area contributed by atoms with E-state index in [1.807, 2.05) is 0 Å². The van der Waals surface area contributed by atoms with Gasteiger partial charge in [-0.05, 0) is 6.42 Å². The van der Waals surface area contributed by atoms with E-state index < -0.39 is 12.2 Å². The van der Waals surface area contributed by atoms with E-state index in [1.54, 1.807) is 0 Å². The first kappa shape index (κ1) is 7.81. The van der Waals surface area contributed by atoms with Gasteiger partial charge in [0.2, 0.25) is 0 Å². The maximum atomic E-state index is 11.8. The van der Waals surface area contributed by atoms with Gasteiger partial charge in [-0.25, -0.2) is 0 Å². The average molecular weight is 154 g/mol. The highest BCUT2D eigenvalue weighted by molar-refractivity contribution is 4.88. The summed E-state index contributed by atoms with van der Waals surface area (Å²) in [5.74, 6) is 0. The van der Waals surface area contributed by atoms with Crippen molar-refractivity contribution in [2.75, 3.05) is 6.54 Å². The molecule has 0 radical (unpaired) electrons. The molecule has 1 fully saturated rings. The van der Waals surface area contributed by atoms with Crippen molar-refractivity contribution in [3.8, 4) is 0 Å². The molecule has 2 atom stereocenters. The van der Waals surface area contributed by atoms with Crippen molar-refractivity contribution in [2.45, 2.75) is 24.7 Å². The molecule has 0 amide bonds. The van der Waals surface area contributed by atoms with Gasteiger partial charge < -0.3 is 11.1 Å². The van der Waals surface area contributed by atoms with Crippen LogP contribution in [-0.4, -0.2) is 24.8 Å². The molecule has 1 aliphatic rings. The van der Waals surface area contributed by atoms with Gasteiger partial charge in [0.15, 0.2) is 0 Å². The molecule has 60 valence electrons. The Labute approximate surface area is 56.6 Å². The third-order valence-corrected chi connectivity index (χ3v) is 1.56. The van der Waals surface area contributed by atoms with Gasteiger partial charge in [0.25, 0.3) is 0 Å². The molecule has 1 saturated heterocycles. The lowest BCUT2D eigenvalue weighted by atomic mass is 10.2. The molecule has 5 heteroatoms. The molecule has 0 saturated carbocycles. The highest BCUT2D eigenvalue weighted by Gasteiger charge is 2.43. The monoisotopic (exact) mass is 154 g/mol. The third-order valence-electron chi connectivity index (χ3n) is 1.56. The fourth-order valence-electron chi connectivity index (χ4n) is 1.01. The first-order chi connectivity index (χ1) is 4.50. The molecule has 2 nitrogen and oxygen atoms in total. The van der Waals surface area contributed by atoms with Crippen molar-refractivity contribution in [3.05, 3.63) is 0 Å². The van der Waals surface area contributed by atoms with Gasteiger partial charge in [0.05, 0.1) is 0 Å². The van der Waals surface area contributed by atoms with Crippen molar-refractivity contribution in [2.24, 2.45) is 5.73 Å². The first-order valence-corrected chi connectivity index (χ1v) is 3.06. The van der Waals surface area contributed by atoms with Gasteiger partial charge in [-0.3, -0.25) is 0 Å². The zero-order valence-electron chi connectivity index (χ0n) is 5.28. The molecule has 10 heavy (non-hydrogen) atoms. The van der Waals surface area contributed by atoms with Crippen LogP contribution in [0, 0.1) is 0 Å². The van der Waals surface area contributed by atoms with Crippen LogP contribution in [0.15, 0.2) is 0 Å². The van der Waals surface area contributed by atoms with E-state index in [0.717, 1.165) is 0 Å². The second-order valence-corrected chi connectivity index (χ2v) is 2.50. The minimum absolute atomic E-state index is 0.00347. The highest BCUT2D eigenvalue weighted by Crippen LogP contribution is 2.25. The molecule has 0 unspecified atom stereocenters. The Morgan fingerprint density at radius 1 is 1.40 bits per heavy atom. The van der Waals surface area contributed by atoms with Crippen LogP contribution in [0.3, 0.4) is 0 Å². The fourth-order valence-corrected chi connectivity index (χ4v) is 1.01. The van der Waals surface area contributed by atoms with E-state index in [2.05, 4.69) is 5.32 Å². The number of halogens is 3. The number of alkyl halides is 3. The first-order valence-electron chi connectivity index (χ1n) is 3.06. The molecule has 0 aromatic rings. The lowest BCUT2D eigenvalue weighted by Crippen LogP contribution is -2.36. The number of nitrogens with one attached hydrogen (secondary N) is 1. The van der Waals surface area contributed by atoms with Crippen LogP contribution in [0.4, 0.5) is 13.2 Å². The van der Waals surface area contributed by atoms with Crippen molar-refractivity contribution >= 4 is 0 Å². The zero-order valence-corrected chi connectivity index (χ0v) is 5.28. The Hall–Kier alpha value is -0.290. The van der Waals surface area contributed by atoms with E-state index in [9.17, 15) is 13.2 Å². The van der Waals surface area contributed by atoms with E-state index in [4.69, 9.17) is 5.73 Å². The lowest BCUT2D eigenvalue weighted by Gasteiger charge is -2.13. The summed E-state index contributed by atoms with van der Waals surface area (Å²) in [6.07, 6.45) is -4.13. The number of hydrogen-bond donors (Lipinski definition) is 2. The normalized spacial score (nSPS) is 34.8. The van der Waals surface area contributed by atoms with Crippen LogP contribution in [0.1, 0.15) is 6.42 Å². The Balaban J connectivity index is 2.45. The molecule has 0 bridgehead atoms. The Bertz CT molecular complexity index is 123. The SMILES string of the molecule is N[C@@H]1CN[C@@H](C(F)(F)F)C1. The lowest BCUT2D eigenvalue weighted by molar-refractivity contribution is -0.152. The molecule has 0 aromatic heterocycles. The highest BCUT2D eigenvalue weighted by atomic mass is 19.4. The van der Waals surface area contributed by atoms with Crippen LogP contribution in [-0.2, 0) is 0 Å². The summed E-state index contributed by atoms with van der Waals surface area (Å²) in [6.45, 7) is 0.268. The third kappa shape index (κ3) is 1.60. The quantitative estimate of drug-likeness (QED) is 0.524. The van der Waals surface area contributed by atoms with Gasteiger partial charge in [-0.2, -0.15) is 13.2 Å². The molecule has 1 heterocycles. The molecule has 1 aliphatic heterocycles. The maximum absolute atomic E-state index is 11.8. The predicted octanol–water partition coefficient (Wildman–Crippen LogP) is 0.238. The van der Waals surface area contributed by atoms with Crippen LogP contribution < -0.4 is 11.1 Å². The van der Waals surface area contributed by atoms with Crippen LogP contribution in [0.2, 0.25) is 0 Å². The summed E-state index contributed by atoms with van der Waals surface area (Å²) >= 11 is 0. The zero-order chi connectivity index (χ0) is 7.78. The van der Waals surface area contributed by atoms with Crippen LogP contribution >= 0.6 is 0 Å². The summed E-state index contributed by atoms with van der Waals surface area (Å²) in [5.41, 5.74) is 5.26. The topological polar surface area (TPSA) is 38.0 Å². The van der Waals surface area contributed by atoms with Crippen molar-refractivity contribution in [3.63, 3.8) is 0 Å². The molecular weight excluding hydrogens is 145 g/mol. The van der Waals surface area contributed by atoms with Crippen LogP contribution in [0.25, 0.3) is 0 Å². The predicted molar refractivity (Wildman–Crippen MR) is 30.4 cm³/mol. The molecule has 0 aliphatic carbocycles. The minimum atomic E-state index is -4.13. The number of hydrogen-bond acceptors (Lipinski definition) is 2. The second-order valence-electron chi connectivity index (χ2n) is 2.50. The average Bonchev–Trinajstić information content (AvgIpc) is 2.11. The Kier molecular flexibility index (Phi) is 1.87. The summed E-state index contributed by atoms with van der Waals surface area (Å²) in [7, 11) is 0. The van der Waals surface area contributed by atoms with Gasteiger partial charge in [0, 0.05) is 12.6 Å². The van der Waals surface area contributed by atoms with Crippen molar-refractivity contribution in [1.29, 1.82) is 0 Å². The molecule has 1 rings (SSSR count). The van der Waals surface area contributed by atoms with Gasteiger partial charge in [0.1, 0.15) is 6.04 Å². The van der Waals surface area contributed by atoms with E-state index in [0.29, 0.717) is 0 Å². The minimum Gasteiger partial charge on any atom is -0.326 e. The molecular formula is C5H9F3N2.